The number of carbonyl (C=O) groups excluding carboxylic acids is 3. The number of carbonyl (C=O) groups is 3. The van der Waals surface area contributed by atoms with Gasteiger partial charge in [0.1, 0.15) is 5.82 Å². The van der Waals surface area contributed by atoms with E-state index in [0.717, 1.165) is 0 Å². The zero-order chi connectivity index (χ0) is 14.0. The topological polar surface area (TPSA) is 66.5 Å². The van der Waals surface area contributed by atoms with Gasteiger partial charge in [-0.2, -0.15) is 0 Å². The number of benzene rings is 1. The van der Waals surface area contributed by atoms with Crippen molar-refractivity contribution in [1.82, 2.24) is 10.2 Å². The molecule has 1 aromatic carbocycles. The fraction of sp³-hybridized carbons (Fsp3) is 0.308. The van der Waals surface area contributed by atoms with Crippen LogP contribution in [0.4, 0.5) is 4.39 Å². The number of hydrogen-bond acceptors (Lipinski definition) is 4. The number of ketones is 1. The van der Waals surface area contributed by atoms with Gasteiger partial charge < -0.3 is 0 Å². The maximum atomic E-state index is 13.5. The Hall–Kier alpha value is -2.08. The number of imide groups is 1. The first-order valence-corrected chi connectivity index (χ1v) is 5.84. The summed E-state index contributed by atoms with van der Waals surface area (Å²) in [4.78, 5) is 36.1. The molecule has 1 aliphatic rings. The lowest BCUT2D eigenvalue weighted by Crippen LogP contribution is -2.57. The van der Waals surface area contributed by atoms with Crippen LogP contribution in [0.15, 0.2) is 24.3 Å². The Bertz CT molecular complexity index is 544. The molecule has 0 spiro atoms. The van der Waals surface area contributed by atoms with E-state index in [9.17, 15) is 18.8 Å². The van der Waals surface area contributed by atoms with Crippen LogP contribution in [0, 0.1) is 5.82 Å². The van der Waals surface area contributed by atoms with Gasteiger partial charge in [0, 0.05) is 0 Å². The number of Topliss-reactive ketones (excluding diaryl/α,β-unsaturated/α-hetero) is 1. The Labute approximate surface area is 109 Å². The van der Waals surface area contributed by atoms with Crippen LogP contribution in [0.5, 0.6) is 0 Å². The number of rotatable bonds is 3. The third kappa shape index (κ3) is 2.85. The molecule has 1 heterocycles. The molecule has 1 N–H and O–H groups in total. The van der Waals surface area contributed by atoms with Crippen LogP contribution >= 0.6 is 0 Å². The van der Waals surface area contributed by atoms with Crippen LogP contribution in [-0.2, 0) is 9.59 Å². The molecule has 6 heteroatoms. The van der Waals surface area contributed by atoms with Gasteiger partial charge in [0.15, 0.2) is 5.78 Å². The number of nitrogens with one attached hydrogen (secondary N) is 1. The standard InChI is InChI=1S/C13H13FN2O3/c1-8-13(19)15-12(18)7-16(8)6-11(17)9-4-2-3-5-10(9)14/h2-5,8H,6-7H2,1H3,(H,15,18,19). The van der Waals surface area contributed by atoms with E-state index in [1.807, 2.05) is 0 Å². The van der Waals surface area contributed by atoms with Crippen molar-refractivity contribution in [2.45, 2.75) is 13.0 Å². The average Bonchev–Trinajstić information content (AvgIpc) is 2.35. The summed E-state index contributed by atoms with van der Waals surface area (Å²) >= 11 is 0. The summed E-state index contributed by atoms with van der Waals surface area (Å²) in [7, 11) is 0. The molecule has 0 aromatic heterocycles. The van der Waals surface area contributed by atoms with Gasteiger partial charge in [0.05, 0.1) is 24.7 Å². The van der Waals surface area contributed by atoms with Gasteiger partial charge in [0.2, 0.25) is 11.8 Å². The van der Waals surface area contributed by atoms with Crippen LogP contribution in [-0.4, -0.2) is 41.6 Å². The van der Waals surface area contributed by atoms with Crippen LogP contribution in [0.25, 0.3) is 0 Å². The van der Waals surface area contributed by atoms with E-state index in [1.54, 1.807) is 13.0 Å². The average molecular weight is 264 g/mol. The van der Waals surface area contributed by atoms with E-state index in [0.29, 0.717) is 0 Å². The second-order valence-corrected chi connectivity index (χ2v) is 4.40. The van der Waals surface area contributed by atoms with Crippen molar-refractivity contribution in [2.24, 2.45) is 0 Å². The molecule has 0 saturated carbocycles. The molecule has 19 heavy (non-hydrogen) atoms. The SMILES string of the molecule is CC1C(=O)NC(=O)CN1CC(=O)c1ccccc1F. The summed E-state index contributed by atoms with van der Waals surface area (Å²) in [6.07, 6.45) is 0. The molecule has 0 radical (unpaired) electrons. The molecular weight excluding hydrogens is 251 g/mol. The minimum Gasteiger partial charge on any atom is -0.294 e. The summed E-state index contributed by atoms with van der Waals surface area (Å²) < 4.78 is 13.5. The van der Waals surface area contributed by atoms with Crippen molar-refractivity contribution >= 4 is 17.6 Å². The smallest absolute Gasteiger partial charge is 0.243 e. The Kier molecular flexibility index (Phi) is 3.71. The fourth-order valence-electron chi connectivity index (χ4n) is 1.92. The van der Waals surface area contributed by atoms with Gasteiger partial charge in [-0.15, -0.1) is 0 Å². The number of halogens is 1. The number of hydrogen-bond donors (Lipinski definition) is 1. The monoisotopic (exact) mass is 264 g/mol. The first kappa shape index (κ1) is 13.4. The lowest BCUT2D eigenvalue weighted by molar-refractivity contribution is -0.139. The van der Waals surface area contributed by atoms with E-state index in [1.165, 1.54) is 23.1 Å². The number of amides is 2. The molecular formula is C13H13FN2O3. The molecule has 0 aliphatic carbocycles. The summed E-state index contributed by atoms with van der Waals surface area (Å²) in [5, 5.41) is 2.18. The second kappa shape index (κ2) is 5.27. The Morgan fingerprint density at radius 3 is 2.79 bits per heavy atom. The molecule has 100 valence electrons. The molecule has 2 rings (SSSR count). The Morgan fingerprint density at radius 1 is 1.42 bits per heavy atom. The van der Waals surface area contributed by atoms with Crippen molar-refractivity contribution in [3.05, 3.63) is 35.6 Å². The molecule has 1 fully saturated rings. The predicted molar refractivity (Wildman–Crippen MR) is 64.9 cm³/mol. The van der Waals surface area contributed by atoms with Crippen molar-refractivity contribution in [3.8, 4) is 0 Å². The number of nitrogens with zero attached hydrogens (tertiary/aromatic N) is 1. The molecule has 1 aromatic rings. The van der Waals surface area contributed by atoms with E-state index in [-0.39, 0.29) is 18.7 Å². The molecule has 2 amide bonds. The third-order valence-corrected chi connectivity index (χ3v) is 3.06. The zero-order valence-corrected chi connectivity index (χ0v) is 10.4. The lowest BCUT2D eigenvalue weighted by Gasteiger charge is -2.30. The number of piperazine rings is 1. The third-order valence-electron chi connectivity index (χ3n) is 3.06. The van der Waals surface area contributed by atoms with E-state index in [2.05, 4.69) is 5.32 Å². The van der Waals surface area contributed by atoms with Gasteiger partial charge in [-0.05, 0) is 19.1 Å². The molecule has 1 atom stereocenters. The van der Waals surface area contributed by atoms with Crippen LogP contribution in [0.1, 0.15) is 17.3 Å². The highest BCUT2D eigenvalue weighted by atomic mass is 19.1. The largest absolute Gasteiger partial charge is 0.294 e. The maximum Gasteiger partial charge on any atom is 0.243 e. The predicted octanol–water partition coefficient (Wildman–Crippen LogP) is 0.355. The summed E-state index contributed by atoms with van der Waals surface area (Å²) in [6, 6.07) is 5.05. The molecule has 5 nitrogen and oxygen atoms in total. The summed E-state index contributed by atoms with van der Waals surface area (Å²) in [6.45, 7) is 1.38. The van der Waals surface area contributed by atoms with E-state index in [4.69, 9.17) is 0 Å². The van der Waals surface area contributed by atoms with E-state index >= 15 is 0 Å². The lowest BCUT2D eigenvalue weighted by atomic mass is 10.1. The van der Waals surface area contributed by atoms with Gasteiger partial charge in [-0.25, -0.2) is 4.39 Å². The zero-order valence-electron chi connectivity index (χ0n) is 10.4. The van der Waals surface area contributed by atoms with Gasteiger partial charge in [-0.1, -0.05) is 12.1 Å². The highest BCUT2D eigenvalue weighted by Crippen LogP contribution is 2.11. The fourth-order valence-corrected chi connectivity index (χ4v) is 1.92. The van der Waals surface area contributed by atoms with E-state index < -0.39 is 29.5 Å². The molecule has 0 bridgehead atoms. The molecule has 1 saturated heterocycles. The van der Waals surface area contributed by atoms with Crippen LogP contribution < -0.4 is 5.32 Å². The van der Waals surface area contributed by atoms with Crippen LogP contribution in [0.3, 0.4) is 0 Å². The first-order valence-electron chi connectivity index (χ1n) is 5.84. The highest BCUT2D eigenvalue weighted by Gasteiger charge is 2.31. The highest BCUT2D eigenvalue weighted by molar-refractivity contribution is 6.03. The maximum absolute atomic E-state index is 13.5. The van der Waals surface area contributed by atoms with Crippen molar-refractivity contribution in [2.75, 3.05) is 13.1 Å². The Morgan fingerprint density at radius 2 is 2.11 bits per heavy atom. The first-order chi connectivity index (χ1) is 8.99. The molecule has 1 unspecified atom stereocenters. The second-order valence-electron chi connectivity index (χ2n) is 4.40. The van der Waals surface area contributed by atoms with Crippen molar-refractivity contribution < 1.29 is 18.8 Å². The van der Waals surface area contributed by atoms with Crippen molar-refractivity contribution in [1.29, 1.82) is 0 Å². The minimum atomic E-state index is -0.604. The molecule has 1 aliphatic heterocycles. The van der Waals surface area contributed by atoms with Gasteiger partial charge in [0.25, 0.3) is 0 Å². The Balaban J connectivity index is 2.12. The van der Waals surface area contributed by atoms with Crippen molar-refractivity contribution in [3.63, 3.8) is 0 Å². The quantitative estimate of drug-likeness (QED) is 0.632. The van der Waals surface area contributed by atoms with Crippen LogP contribution in [0.2, 0.25) is 0 Å². The summed E-state index contributed by atoms with van der Waals surface area (Å²) in [5.41, 5.74) is -0.0341. The van der Waals surface area contributed by atoms with Gasteiger partial charge in [-0.3, -0.25) is 24.6 Å². The summed E-state index contributed by atoms with van der Waals surface area (Å²) in [5.74, 6) is -1.96. The normalized spacial score (nSPS) is 20.2. The minimum absolute atomic E-state index is 0.0341. The van der Waals surface area contributed by atoms with Gasteiger partial charge >= 0.3 is 0 Å².